The number of halogens is 1. The van der Waals surface area contributed by atoms with Crippen LogP contribution in [0.2, 0.25) is 5.15 Å². The molecule has 19 heavy (non-hydrogen) atoms. The van der Waals surface area contributed by atoms with E-state index in [4.69, 9.17) is 16.9 Å². The van der Waals surface area contributed by atoms with E-state index in [9.17, 15) is 8.42 Å². The maximum atomic E-state index is 11.8. The van der Waals surface area contributed by atoms with Gasteiger partial charge >= 0.3 is 0 Å². The molecule has 0 aromatic carbocycles. The molecule has 2 rings (SSSR count). The highest BCUT2D eigenvalue weighted by molar-refractivity contribution is 8.01. The number of hydrogen-bond acceptors (Lipinski definition) is 6. The van der Waals surface area contributed by atoms with Crippen molar-refractivity contribution in [3.05, 3.63) is 22.8 Å². The normalized spacial score (nSPS) is 20.1. The fourth-order valence-electron chi connectivity index (χ4n) is 1.89. The zero-order valence-electron chi connectivity index (χ0n) is 10.2. The standard InChI is InChI=1S/C11H12ClN3O2S2/c1-19(16,17)11-7-18-3-2-15(11)10-5-8(6-13)4-9(12)14-10/h4-5,11H,2-3,7H2,1H3. The molecule has 1 aromatic heterocycles. The average Bonchev–Trinajstić information content (AvgIpc) is 2.37. The predicted octanol–water partition coefficient (Wildman–Crippen LogP) is 1.53. The third-order valence-electron chi connectivity index (χ3n) is 2.78. The van der Waals surface area contributed by atoms with Gasteiger partial charge in [-0.15, -0.1) is 0 Å². The van der Waals surface area contributed by atoms with E-state index >= 15 is 0 Å². The van der Waals surface area contributed by atoms with Gasteiger partial charge in [-0.25, -0.2) is 13.4 Å². The molecular weight excluding hydrogens is 306 g/mol. The van der Waals surface area contributed by atoms with Crippen LogP contribution in [0, 0.1) is 11.3 Å². The number of hydrogen-bond donors (Lipinski definition) is 0. The Hall–Kier alpha value is -0.970. The summed E-state index contributed by atoms with van der Waals surface area (Å²) >= 11 is 7.46. The minimum Gasteiger partial charge on any atom is -0.338 e. The first-order valence-electron chi connectivity index (χ1n) is 5.53. The molecule has 1 unspecified atom stereocenters. The van der Waals surface area contributed by atoms with E-state index in [1.165, 1.54) is 12.3 Å². The number of nitrogens with zero attached hydrogens (tertiary/aromatic N) is 3. The SMILES string of the molecule is CS(=O)(=O)C1CSCCN1c1cc(C#N)cc(Cl)n1. The Kier molecular flexibility index (Phi) is 4.23. The van der Waals surface area contributed by atoms with Crippen LogP contribution in [0.4, 0.5) is 5.82 Å². The van der Waals surface area contributed by atoms with Crippen molar-refractivity contribution in [1.82, 2.24) is 4.98 Å². The van der Waals surface area contributed by atoms with Gasteiger partial charge in [-0.3, -0.25) is 0 Å². The molecule has 1 saturated heterocycles. The van der Waals surface area contributed by atoms with Crippen molar-refractivity contribution in [3.63, 3.8) is 0 Å². The van der Waals surface area contributed by atoms with Crippen molar-refractivity contribution in [2.75, 3.05) is 29.2 Å². The van der Waals surface area contributed by atoms with E-state index in [0.717, 1.165) is 5.75 Å². The van der Waals surface area contributed by atoms with Crippen LogP contribution >= 0.6 is 23.4 Å². The fourth-order valence-corrected chi connectivity index (χ4v) is 4.92. The van der Waals surface area contributed by atoms with Gasteiger partial charge in [-0.1, -0.05) is 11.6 Å². The van der Waals surface area contributed by atoms with Crippen molar-refractivity contribution >= 4 is 39.0 Å². The quantitative estimate of drug-likeness (QED) is 0.770. The Balaban J connectivity index is 2.44. The number of thioether (sulfide) groups is 1. The summed E-state index contributed by atoms with van der Waals surface area (Å²) in [6, 6.07) is 5.02. The third-order valence-corrected chi connectivity index (χ3v) is 5.62. The Labute approximate surface area is 121 Å². The van der Waals surface area contributed by atoms with Gasteiger partial charge in [0.2, 0.25) is 0 Å². The highest BCUT2D eigenvalue weighted by Gasteiger charge is 2.32. The molecule has 0 radical (unpaired) electrons. The molecule has 2 heterocycles. The second-order valence-electron chi connectivity index (χ2n) is 4.20. The molecule has 1 aliphatic heterocycles. The van der Waals surface area contributed by atoms with E-state index in [2.05, 4.69) is 4.98 Å². The zero-order chi connectivity index (χ0) is 14.0. The molecule has 0 amide bonds. The molecule has 5 nitrogen and oxygen atoms in total. The maximum Gasteiger partial charge on any atom is 0.169 e. The molecule has 0 bridgehead atoms. The topological polar surface area (TPSA) is 74.1 Å². The van der Waals surface area contributed by atoms with Gasteiger partial charge in [0, 0.05) is 24.3 Å². The largest absolute Gasteiger partial charge is 0.338 e. The summed E-state index contributed by atoms with van der Waals surface area (Å²) in [5.74, 6) is 1.76. The lowest BCUT2D eigenvalue weighted by molar-refractivity contribution is 0.583. The Morgan fingerprint density at radius 1 is 1.58 bits per heavy atom. The van der Waals surface area contributed by atoms with E-state index in [1.807, 2.05) is 6.07 Å². The molecule has 102 valence electrons. The van der Waals surface area contributed by atoms with Gasteiger partial charge in [0.05, 0.1) is 11.6 Å². The molecule has 0 aliphatic carbocycles. The van der Waals surface area contributed by atoms with Crippen LogP contribution in [0.1, 0.15) is 5.56 Å². The molecule has 1 fully saturated rings. The lowest BCUT2D eigenvalue weighted by atomic mass is 10.3. The lowest BCUT2D eigenvalue weighted by Gasteiger charge is -2.35. The number of pyridine rings is 1. The highest BCUT2D eigenvalue weighted by Crippen LogP contribution is 2.27. The van der Waals surface area contributed by atoms with E-state index in [1.54, 1.807) is 22.7 Å². The van der Waals surface area contributed by atoms with Crippen LogP contribution in [0.5, 0.6) is 0 Å². The summed E-state index contributed by atoms with van der Waals surface area (Å²) < 4.78 is 23.7. The average molecular weight is 318 g/mol. The molecule has 0 N–H and O–H groups in total. The number of aromatic nitrogens is 1. The highest BCUT2D eigenvalue weighted by atomic mass is 35.5. The summed E-state index contributed by atoms with van der Waals surface area (Å²) in [7, 11) is -3.22. The van der Waals surface area contributed by atoms with E-state index in [0.29, 0.717) is 23.7 Å². The van der Waals surface area contributed by atoms with Crippen LogP contribution in [-0.4, -0.2) is 43.1 Å². The number of anilines is 1. The van der Waals surface area contributed by atoms with Crippen LogP contribution in [0.15, 0.2) is 12.1 Å². The Morgan fingerprint density at radius 3 is 2.95 bits per heavy atom. The second kappa shape index (κ2) is 5.57. The third kappa shape index (κ3) is 3.32. The van der Waals surface area contributed by atoms with Crippen LogP contribution in [0.25, 0.3) is 0 Å². The van der Waals surface area contributed by atoms with Gasteiger partial charge in [0.1, 0.15) is 16.3 Å². The van der Waals surface area contributed by atoms with Gasteiger partial charge in [-0.05, 0) is 12.1 Å². The first-order valence-corrected chi connectivity index (χ1v) is 9.01. The molecule has 8 heteroatoms. The lowest BCUT2D eigenvalue weighted by Crippen LogP contribution is -2.47. The Morgan fingerprint density at radius 2 is 2.32 bits per heavy atom. The molecule has 0 spiro atoms. The van der Waals surface area contributed by atoms with E-state index < -0.39 is 15.2 Å². The van der Waals surface area contributed by atoms with Crippen molar-refractivity contribution in [1.29, 1.82) is 5.26 Å². The molecule has 0 saturated carbocycles. The summed E-state index contributed by atoms with van der Waals surface area (Å²) in [5.41, 5.74) is 0.375. The summed E-state index contributed by atoms with van der Waals surface area (Å²) in [6.07, 6.45) is 1.21. The monoisotopic (exact) mass is 317 g/mol. The fraction of sp³-hybridized carbons (Fsp3) is 0.455. The maximum absolute atomic E-state index is 11.8. The van der Waals surface area contributed by atoms with Crippen LogP contribution in [-0.2, 0) is 9.84 Å². The van der Waals surface area contributed by atoms with Gasteiger partial charge in [0.25, 0.3) is 0 Å². The molecule has 1 aromatic rings. The number of rotatable bonds is 2. The predicted molar refractivity (Wildman–Crippen MR) is 77.3 cm³/mol. The molecule has 1 atom stereocenters. The summed E-state index contributed by atoms with van der Waals surface area (Å²) in [4.78, 5) is 5.84. The molecular formula is C11H12ClN3O2S2. The smallest absolute Gasteiger partial charge is 0.169 e. The van der Waals surface area contributed by atoms with Crippen LogP contribution in [0.3, 0.4) is 0 Å². The Bertz CT molecular complexity index is 627. The molecule has 1 aliphatic rings. The number of sulfone groups is 1. The van der Waals surface area contributed by atoms with Crippen molar-refractivity contribution in [2.45, 2.75) is 5.37 Å². The van der Waals surface area contributed by atoms with Gasteiger partial charge in [-0.2, -0.15) is 17.0 Å². The van der Waals surface area contributed by atoms with Crippen molar-refractivity contribution in [3.8, 4) is 6.07 Å². The minimum atomic E-state index is -3.22. The van der Waals surface area contributed by atoms with Gasteiger partial charge in [0.15, 0.2) is 9.84 Å². The van der Waals surface area contributed by atoms with Crippen LogP contribution < -0.4 is 4.90 Å². The van der Waals surface area contributed by atoms with Crippen molar-refractivity contribution in [2.24, 2.45) is 0 Å². The first kappa shape index (κ1) is 14.4. The summed E-state index contributed by atoms with van der Waals surface area (Å²) in [5, 5.41) is 8.51. The van der Waals surface area contributed by atoms with E-state index in [-0.39, 0.29) is 5.15 Å². The number of nitriles is 1. The van der Waals surface area contributed by atoms with Gasteiger partial charge < -0.3 is 4.90 Å². The summed E-state index contributed by atoms with van der Waals surface area (Å²) in [6.45, 7) is 0.570. The zero-order valence-corrected chi connectivity index (χ0v) is 12.6. The second-order valence-corrected chi connectivity index (χ2v) is 7.94. The first-order chi connectivity index (χ1) is 8.91. The minimum absolute atomic E-state index is 0.194. The van der Waals surface area contributed by atoms with Crippen molar-refractivity contribution < 1.29 is 8.42 Å².